The van der Waals surface area contributed by atoms with E-state index in [1.807, 2.05) is 0 Å². The van der Waals surface area contributed by atoms with Crippen molar-refractivity contribution in [2.24, 2.45) is 0 Å². The Morgan fingerprint density at radius 1 is 0.586 bits per heavy atom. The SMILES string of the molecule is CN(C)c1ccc(CCCCCCc2cc3ccccc3c3ccccc23)cc1. The molecule has 1 nitrogen and oxygen atoms in total. The van der Waals surface area contributed by atoms with E-state index in [9.17, 15) is 0 Å². The number of hydrogen-bond acceptors (Lipinski definition) is 1. The molecule has 0 spiro atoms. The van der Waals surface area contributed by atoms with Crippen molar-refractivity contribution in [2.45, 2.75) is 38.5 Å². The van der Waals surface area contributed by atoms with Crippen LogP contribution in [0.15, 0.2) is 78.9 Å². The molecule has 0 fully saturated rings. The molecule has 1 heteroatoms. The van der Waals surface area contributed by atoms with Gasteiger partial charge in [0, 0.05) is 19.8 Å². The van der Waals surface area contributed by atoms with Crippen LogP contribution < -0.4 is 4.90 Å². The maximum Gasteiger partial charge on any atom is 0.0361 e. The number of unbranched alkanes of at least 4 members (excludes halogenated alkanes) is 3. The summed E-state index contributed by atoms with van der Waals surface area (Å²) in [6.45, 7) is 0. The van der Waals surface area contributed by atoms with Gasteiger partial charge in [-0.3, -0.25) is 0 Å². The van der Waals surface area contributed by atoms with Crippen LogP contribution in [0.2, 0.25) is 0 Å². The first kappa shape index (κ1) is 19.5. The minimum Gasteiger partial charge on any atom is -0.378 e. The summed E-state index contributed by atoms with van der Waals surface area (Å²) in [7, 11) is 4.18. The third-order valence-corrected chi connectivity index (χ3v) is 5.97. The van der Waals surface area contributed by atoms with Gasteiger partial charge in [0.15, 0.2) is 0 Å². The fourth-order valence-electron chi connectivity index (χ4n) is 4.30. The molecule has 0 aromatic heterocycles. The third kappa shape index (κ3) is 4.62. The molecule has 4 rings (SSSR count). The maximum atomic E-state index is 2.41. The van der Waals surface area contributed by atoms with Gasteiger partial charge < -0.3 is 4.90 Å². The number of nitrogens with zero attached hydrogens (tertiary/aromatic N) is 1. The van der Waals surface area contributed by atoms with Gasteiger partial charge in [-0.15, -0.1) is 0 Å². The molecule has 4 aromatic rings. The highest BCUT2D eigenvalue weighted by Crippen LogP contribution is 2.29. The standard InChI is InChI=1S/C28H31N/c1-29(2)25-19-17-22(18-20-25)11-5-3-4-6-12-23-21-24-13-7-8-14-26(24)28-16-10-9-15-27(23)28/h7-10,13-21H,3-6,11-12H2,1-2H3. The van der Waals surface area contributed by atoms with Crippen LogP contribution in [0.4, 0.5) is 5.69 Å². The molecule has 0 N–H and O–H groups in total. The molecule has 0 bridgehead atoms. The highest BCUT2D eigenvalue weighted by molar-refractivity contribution is 6.08. The Labute approximate surface area is 175 Å². The smallest absolute Gasteiger partial charge is 0.0361 e. The Hall–Kier alpha value is -2.80. The van der Waals surface area contributed by atoms with Crippen LogP contribution in [-0.2, 0) is 12.8 Å². The highest BCUT2D eigenvalue weighted by Gasteiger charge is 2.06. The van der Waals surface area contributed by atoms with Crippen LogP contribution in [0, 0.1) is 0 Å². The summed E-state index contributed by atoms with van der Waals surface area (Å²) < 4.78 is 0. The van der Waals surface area contributed by atoms with Crippen LogP contribution in [-0.4, -0.2) is 14.1 Å². The first-order valence-electron chi connectivity index (χ1n) is 10.9. The van der Waals surface area contributed by atoms with Crippen molar-refractivity contribution in [2.75, 3.05) is 19.0 Å². The predicted octanol–water partition coefficient (Wildman–Crippen LogP) is 7.40. The molecule has 0 saturated carbocycles. The van der Waals surface area contributed by atoms with Crippen LogP contribution in [0.3, 0.4) is 0 Å². The molecule has 148 valence electrons. The lowest BCUT2D eigenvalue weighted by molar-refractivity contribution is 0.641. The molecule has 0 radical (unpaired) electrons. The number of benzene rings is 4. The van der Waals surface area contributed by atoms with Crippen molar-refractivity contribution in [3.05, 3.63) is 90.0 Å². The van der Waals surface area contributed by atoms with Gasteiger partial charge in [0.1, 0.15) is 0 Å². The van der Waals surface area contributed by atoms with E-state index in [2.05, 4.69) is 97.9 Å². The van der Waals surface area contributed by atoms with Crippen molar-refractivity contribution in [3.8, 4) is 0 Å². The monoisotopic (exact) mass is 381 g/mol. The molecular weight excluding hydrogens is 350 g/mol. The van der Waals surface area contributed by atoms with E-state index in [4.69, 9.17) is 0 Å². The van der Waals surface area contributed by atoms with Crippen LogP contribution in [0.1, 0.15) is 36.8 Å². The zero-order valence-electron chi connectivity index (χ0n) is 17.7. The second-order valence-electron chi connectivity index (χ2n) is 8.28. The minimum absolute atomic E-state index is 1.17. The van der Waals surface area contributed by atoms with Gasteiger partial charge in [0.2, 0.25) is 0 Å². The molecule has 0 amide bonds. The fraction of sp³-hybridized carbons (Fsp3) is 0.286. The van der Waals surface area contributed by atoms with Gasteiger partial charge in [-0.1, -0.05) is 79.6 Å². The van der Waals surface area contributed by atoms with Crippen LogP contribution >= 0.6 is 0 Å². The van der Waals surface area contributed by atoms with E-state index in [1.54, 1.807) is 0 Å². The molecule has 0 aliphatic rings. The fourth-order valence-corrected chi connectivity index (χ4v) is 4.30. The van der Waals surface area contributed by atoms with Crippen molar-refractivity contribution in [1.82, 2.24) is 0 Å². The summed E-state index contributed by atoms with van der Waals surface area (Å²) in [5.74, 6) is 0. The third-order valence-electron chi connectivity index (χ3n) is 5.97. The summed E-state index contributed by atoms with van der Waals surface area (Å²) >= 11 is 0. The Morgan fingerprint density at radius 3 is 1.93 bits per heavy atom. The van der Waals surface area contributed by atoms with E-state index >= 15 is 0 Å². The maximum absolute atomic E-state index is 2.41. The minimum atomic E-state index is 1.17. The zero-order chi connectivity index (χ0) is 20.1. The molecule has 0 aliphatic carbocycles. The molecule has 0 heterocycles. The van der Waals surface area contributed by atoms with E-state index in [0.717, 1.165) is 0 Å². The van der Waals surface area contributed by atoms with Gasteiger partial charge in [-0.05, 0) is 70.5 Å². The average molecular weight is 382 g/mol. The lowest BCUT2D eigenvalue weighted by atomic mass is 9.94. The molecular formula is C28H31N. The van der Waals surface area contributed by atoms with E-state index < -0.39 is 0 Å². The first-order valence-corrected chi connectivity index (χ1v) is 10.9. The van der Waals surface area contributed by atoms with Crippen LogP contribution in [0.25, 0.3) is 21.5 Å². The van der Waals surface area contributed by atoms with Crippen molar-refractivity contribution in [1.29, 1.82) is 0 Å². The summed E-state index contributed by atoms with van der Waals surface area (Å²) in [5, 5.41) is 5.54. The Kier molecular flexibility index (Phi) is 6.14. The Bertz CT molecular complexity index is 1080. The predicted molar refractivity (Wildman–Crippen MR) is 128 cm³/mol. The second kappa shape index (κ2) is 9.13. The number of hydrogen-bond donors (Lipinski definition) is 0. The van der Waals surface area contributed by atoms with Gasteiger partial charge in [0.25, 0.3) is 0 Å². The number of anilines is 1. The van der Waals surface area contributed by atoms with Crippen molar-refractivity contribution < 1.29 is 0 Å². The highest BCUT2D eigenvalue weighted by atomic mass is 15.1. The quantitative estimate of drug-likeness (QED) is 0.227. The molecule has 0 saturated heterocycles. The summed E-state index contributed by atoms with van der Waals surface area (Å²) in [4.78, 5) is 2.15. The lowest BCUT2D eigenvalue weighted by Gasteiger charge is -2.12. The topological polar surface area (TPSA) is 3.24 Å². The van der Waals surface area contributed by atoms with Gasteiger partial charge in [-0.2, -0.15) is 0 Å². The molecule has 0 unspecified atom stereocenters. The Morgan fingerprint density at radius 2 is 1.21 bits per heavy atom. The lowest BCUT2D eigenvalue weighted by Crippen LogP contribution is -2.08. The van der Waals surface area contributed by atoms with E-state index in [-0.39, 0.29) is 0 Å². The Balaban J connectivity index is 1.32. The molecule has 4 aromatic carbocycles. The van der Waals surface area contributed by atoms with Crippen molar-refractivity contribution >= 4 is 27.2 Å². The summed E-state index contributed by atoms with van der Waals surface area (Å²) in [6, 6.07) is 29.0. The molecule has 0 atom stereocenters. The average Bonchev–Trinajstić information content (AvgIpc) is 2.76. The first-order chi connectivity index (χ1) is 14.2. The second-order valence-corrected chi connectivity index (χ2v) is 8.28. The number of aryl methyl sites for hydroxylation is 2. The normalized spacial score (nSPS) is 11.2. The van der Waals surface area contributed by atoms with Crippen molar-refractivity contribution in [3.63, 3.8) is 0 Å². The van der Waals surface area contributed by atoms with Gasteiger partial charge >= 0.3 is 0 Å². The summed E-state index contributed by atoms with van der Waals surface area (Å²) in [5.41, 5.74) is 4.23. The molecule has 0 aliphatic heterocycles. The van der Waals surface area contributed by atoms with E-state index in [1.165, 1.54) is 76.9 Å². The summed E-state index contributed by atoms with van der Waals surface area (Å²) in [6.07, 6.45) is 7.51. The number of rotatable bonds is 8. The van der Waals surface area contributed by atoms with E-state index in [0.29, 0.717) is 0 Å². The van der Waals surface area contributed by atoms with Gasteiger partial charge in [-0.25, -0.2) is 0 Å². The number of fused-ring (bicyclic) bond motifs is 3. The zero-order valence-corrected chi connectivity index (χ0v) is 17.7. The molecule has 29 heavy (non-hydrogen) atoms. The largest absolute Gasteiger partial charge is 0.378 e. The van der Waals surface area contributed by atoms with Gasteiger partial charge in [0.05, 0.1) is 0 Å². The van der Waals surface area contributed by atoms with Crippen LogP contribution in [0.5, 0.6) is 0 Å².